The summed E-state index contributed by atoms with van der Waals surface area (Å²) in [5.74, 6) is -7.12. The fraction of sp³-hybridized carbons (Fsp3) is 0.438. The first-order chi connectivity index (χ1) is 13.7. The molecule has 1 heterocycles. The summed E-state index contributed by atoms with van der Waals surface area (Å²) in [4.78, 5) is 3.50. The maximum atomic E-state index is 14.9. The highest BCUT2D eigenvalue weighted by Crippen LogP contribution is 2.59. The normalized spacial score (nSPS) is 23.2. The number of nitrogens with zero attached hydrogens (tertiary/aromatic N) is 1. The van der Waals surface area contributed by atoms with Crippen molar-refractivity contribution in [3.05, 3.63) is 52.3 Å². The van der Waals surface area contributed by atoms with E-state index in [4.69, 9.17) is 11.6 Å². The Morgan fingerprint density at radius 1 is 0.903 bits per heavy atom. The summed E-state index contributed by atoms with van der Waals surface area (Å²) in [5, 5.41) is -0.574. The molecule has 1 aromatic heterocycles. The smallest absolute Gasteiger partial charge is 0.244 e. The van der Waals surface area contributed by atoms with Crippen LogP contribution in [0.25, 0.3) is 0 Å². The maximum Gasteiger partial charge on any atom is 0.457 e. The van der Waals surface area contributed by atoms with Crippen LogP contribution in [0, 0.1) is 0 Å². The summed E-state index contributed by atoms with van der Waals surface area (Å²) in [6, 6.07) is 2.04. The molecule has 2 rings (SSSR count). The van der Waals surface area contributed by atoms with Gasteiger partial charge in [-0.3, -0.25) is 0 Å². The number of allylic oxidation sites excluding steroid dienone is 4. The summed E-state index contributed by atoms with van der Waals surface area (Å²) >= 11 is 6.80. The third kappa shape index (κ3) is 4.37. The van der Waals surface area contributed by atoms with Crippen LogP contribution in [-0.2, 0) is 3.42 Å². The van der Waals surface area contributed by atoms with Gasteiger partial charge in [-0.15, -0.1) is 0 Å². The minimum atomic E-state index is -7.12. The van der Waals surface area contributed by atoms with E-state index in [1.54, 1.807) is 0 Å². The zero-order valence-corrected chi connectivity index (χ0v) is 17.2. The van der Waals surface area contributed by atoms with Gasteiger partial charge in [0.2, 0.25) is 0 Å². The van der Waals surface area contributed by atoms with E-state index in [1.807, 2.05) is 0 Å². The lowest BCUT2D eigenvalue weighted by molar-refractivity contribution is -0.371. The molecule has 1 aliphatic carbocycles. The highest BCUT2D eigenvalue weighted by molar-refractivity contribution is 14.1. The third-order valence-corrected chi connectivity index (χ3v) is 5.88. The van der Waals surface area contributed by atoms with Gasteiger partial charge in [0.1, 0.15) is 5.15 Å². The van der Waals surface area contributed by atoms with Crippen LogP contribution in [0.2, 0.25) is 5.15 Å². The number of alkyl halides is 13. The monoisotopic (exact) mass is 603 g/mol. The molecule has 0 saturated heterocycles. The van der Waals surface area contributed by atoms with Crippen molar-refractivity contribution in [1.82, 2.24) is 4.98 Å². The van der Waals surface area contributed by atoms with Crippen molar-refractivity contribution in [3.8, 4) is 0 Å². The van der Waals surface area contributed by atoms with Gasteiger partial charge in [0.25, 0.3) is 0 Å². The minimum Gasteiger partial charge on any atom is -0.244 e. The van der Waals surface area contributed by atoms with E-state index in [9.17, 15) is 52.7 Å². The lowest BCUT2D eigenvalue weighted by atomic mass is 9.77. The first kappa shape index (κ1) is 26.1. The lowest BCUT2D eigenvalue weighted by Gasteiger charge is -2.40. The van der Waals surface area contributed by atoms with Crippen LogP contribution in [-0.4, -0.2) is 35.1 Å². The molecule has 174 valence electrons. The summed E-state index contributed by atoms with van der Waals surface area (Å²) in [6.07, 6.45) is -20.5. The van der Waals surface area contributed by atoms with Crippen molar-refractivity contribution < 1.29 is 52.7 Å². The van der Waals surface area contributed by atoms with Crippen molar-refractivity contribution in [1.29, 1.82) is 0 Å². The van der Waals surface area contributed by atoms with Crippen LogP contribution in [0.1, 0.15) is 12.0 Å². The second kappa shape index (κ2) is 7.70. The average Bonchev–Trinajstić information content (AvgIpc) is 2.57. The van der Waals surface area contributed by atoms with Crippen molar-refractivity contribution in [2.45, 2.75) is 40.0 Å². The molecule has 0 spiro atoms. The zero-order chi connectivity index (χ0) is 24.3. The molecule has 2 unspecified atom stereocenters. The molecular formula is C16H7ClF12IN. The van der Waals surface area contributed by atoms with Gasteiger partial charge in [-0.2, -0.15) is 48.3 Å². The Kier molecular flexibility index (Phi) is 6.47. The molecule has 0 saturated carbocycles. The van der Waals surface area contributed by atoms with Crippen LogP contribution < -0.4 is 0 Å². The van der Waals surface area contributed by atoms with Crippen molar-refractivity contribution >= 4 is 34.2 Å². The SMILES string of the molecule is FC(F)(F)C1=CC(C(F)(C(F)(F)F)C(F)(F)C(F)(F)F)=CC(I)(c2cccnc2Cl)C1. The predicted molar refractivity (Wildman–Crippen MR) is 92.7 cm³/mol. The summed E-state index contributed by atoms with van der Waals surface area (Å²) in [7, 11) is 0. The average molecular weight is 604 g/mol. The molecule has 0 bridgehead atoms. The molecule has 0 amide bonds. The topological polar surface area (TPSA) is 12.9 Å². The van der Waals surface area contributed by atoms with Crippen LogP contribution in [0.4, 0.5) is 52.7 Å². The van der Waals surface area contributed by atoms with Gasteiger partial charge >= 0.3 is 30.1 Å². The van der Waals surface area contributed by atoms with E-state index < -0.39 is 67.9 Å². The number of halogens is 14. The molecule has 15 heteroatoms. The van der Waals surface area contributed by atoms with E-state index in [1.165, 1.54) is 0 Å². The highest BCUT2D eigenvalue weighted by atomic mass is 127. The van der Waals surface area contributed by atoms with Gasteiger partial charge in [-0.05, 0) is 18.6 Å². The Labute approximate surface area is 184 Å². The Balaban J connectivity index is 2.92. The zero-order valence-electron chi connectivity index (χ0n) is 14.3. The summed E-state index contributed by atoms with van der Waals surface area (Å²) < 4.78 is 158. The van der Waals surface area contributed by atoms with Gasteiger partial charge in [-0.25, -0.2) is 9.37 Å². The van der Waals surface area contributed by atoms with Gasteiger partial charge in [0.05, 0.1) is 3.42 Å². The van der Waals surface area contributed by atoms with Gasteiger partial charge in [0, 0.05) is 22.9 Å². The van der Waals surface area contributed by atoms with Gasteiger partial charge in [-0.1, -0.05) is 46.3 Å². The minimum absolute atomic E-state index is 0.0706. The van der Waals surface area contributed by atoms with Crippen LogP contribution in [0.3, 0.4) is 0 Å². The van der Waals surface area contributed by atoms with E-state index in [0.29, 0.717) is 0 Å². The molecule has 0 aliphatic heterocycles. The van der Waals surface area contributed by atoms with Crippen molar-refractivity contribution in [3.63, 3.8) is 0 Å². The molecule has 0 aromatic carbocycles. The second-order valence-corrected chi connectivity index (χ2v) is 8.66. The summed E-state index contributed by atoms with van der Waals surface area (Å²) in [5.41, 5.74) is -11.5. The fourth-order valence-corrected chi connectivity index (χ4v) is 4.45. The highest BCUT2D eigenvalue weighted by Gasteiger charge is 2.82. The Hall–Kier alpha value is -1.19. The van der Waals surface area contributed by atoms with Gasteiger partial charge in [0.15, 0.2) is 0 Å². The van der Waals surface area contributed by atoms with Crippen LogP contribution >= 0.6 is 34.2 Å². The van der Waals surface area contributed by atoms with E-state index in [2.05, 4.69) is 4.98 Å². The Morgan fingerprint density at radius 2 is 1.45 bits per heavy atom. The molecule has 2 atom stereocenters. The molecule has 1 aliphatic rings. The maximum absolute atomic E-state index is 14.9. The third-order valence-electron chi connectivity index (χ3n) is 4.31. The standard InChI is InChI=1S/C16H7ClF12IN/c17-10-9(2-1-3-31-10)11(30)5-7(4-8(6-11)13(19,20)21)12(18,15(24,25)26)14(22,23)16(27,28)29/h1-5H,6H2. The summed E-state index contributed by atoms with van der Waals surface area (Å²) in [6.45, 7) is 0. The fourth-order valence-electron chi connectivity index (χ4n) is 2.82. The largest absolute Gasteiger partial charge is 0.457 e. The van der Waals surface area contributed by atoms with Crippen LogP contribution in [0.15, 0.2) is 41.6 Å². The lowest BCUT2D eigenvalue weighted by Crippen LogP contribution is -2.63. The quantitative estimate of drug-likeness (QED) is 0.150. The Morgan fingerprint density at radius 3 is 1.87 bits per heavy atom. The molecular weight excluding hydrogens is 597 g/mol. The first-order valence-corrected chi connectivity index (χ1v) is 9.15. The Bertz CT molecular complexity index is 916. The van der Waals surface area contributed by atoms with Crippen LogP contribution in [0.5, 0.6) is 0 Å². The molecule has 1 nitrogen and oxygen atoms in total. The predicted octanol–water partition coefficient (Wildman–Crippen LogP) is 7.65. The van der Waals surface area contributed by atoms with E-state index in [0.717, 1.165) is 40.9 Å². The number of rotatable bonds is 3. The van der Waals surface area contributed by atoms with Crippen molar-refractivity contribution in [2.24, 2.45) is 0 Å². The molecule has 1 aromatic rings. The van der Waals surface area contributed by atoms with E-state index >= 15 is 0 Å². The molecule has 0 N–H and O–H groups in total. The number of hydrogen-bond acceptors (Lipinski definition) is 1. The molecule has 0 radical (unpaired) electrons. The number of hydrogen-bond donors (Lipinski definition) is 0. The second-order valence-electron chi connectivity index (χ2n) is 6.38. The van der Waals surface area contributed by atoms with E-state index in [-0.39, 0.29) is 6.08 Å². The number of pyridine rings is 1. The molecule has 0 fully saturated rings. The first-order valence-electron chi connectivity index (χ1n) is 7.69. The molecule has 31 heavy (non-hydrogen) atoms. The van der Waals surface area contributed by atoms with Crippen molar-refractivity contribution in [2.75, 3.05) is 0 Å². The number of aromatic nitrogens is 1. The van der Waals surface area contributed by atoms with Gasteiger partial charge < -0.3 is 0 Å².